The van der Waals surface area contributed by atoms with Crippen LogP contribution in [0.4, 0.5) is 0 Å². The Morgan fingerprint density at radius 2 is 1.96 bits per heavy atom. The predicted octanol–water partition coefficient (Wildman–Crippen LogP) is 5.26. The second-order valence-electron chi connectivity index (χ2n) is 5.31. The van der Waals surface area contributed by atoms with E-state index in [4.69, 9.17) is 13.5 Å². The van der Waals surface area contributed by atoms with Crippen LogP contribution in [-0.2, 0) is 20.0 Å². The molecule has 0 N–H and O–H groups in total. The van der Waals surface area contributed by atoms with Gasteiger partial charge < -0.3 is 13.5 Å². The molecule has 0 aliphatic rings. The third-order valence-electron chi connectivity index (χ3n) is 2.96. The average molecular weight is 422 g/mol. The molecule has 0 unspecified atom stereocenters. The van der Waals surface area contributed by atoms with E-state index in [1.807, 2.05) is 0 Å². The minimum Gasteiger partial charge on any atom is -0.446 e. The summed E-state index contributed by atoms with van der Waals surface area (Å²) in [5.74, 6) is 1.09. The standard InChI is InChI=1S/C15H21BrNO4PS/c1-5-19-22(18,20-6-2)13-8-7-11(21-13)14-12(9-10(3)4)23-15(16)17-14/h7-8,10H,5-6,9H2,1-4H3. The number of hydrogen-bond acceptors (Lipinski definition) is 6. The molecular weight excluding hydrogens is 401 g/mol. The van der Waals surface area contributed by atoms with Crippen molar-refractivity contribution in [3.8, 4) is 11.5 Å². The number of aromatic nitrogens is 1. The van der Waals surface area contributed by atoms with Gasteiger partial charge in [-0.05, 0) is 54.2 Å². The lowest BCUT2D eigenvalue weighted by molar-refractivity contribution is 0.225. The molecular formula is C15H21BrNO4PS. The summed E-state index contributed by atoms with van der Waals surface area (Å²) in [5.41, 5.74) is 0.997. The van der Waals surface area contributed by atoms with Gasteiger partial charge in [0.2, 0.25) is 5.50 Å². The maximum Gasteiger partial charge on any atom is 0.396 e. The molecule has 5 nitrogen and oxygen atoms in total. The third kappa shape index (κ3) is 4.54. The van der Waals surface area contributed by atoms with Gasteiger partial charge in [-0.1, -0.05) is 13.8 Å². The van der Waals surface area contributed by atoms with Gasteiger partial charge in [0.05, 0.1) is 13.2 Å². The first-order chi connectivity index (χ1) is 10.9. The Balaban J connectivity index is 2.37. The van der Waals surface area contributed by atoms with Crippen LogP contribution in [0.3, 0.4) is 0 Å². The zero-order valence-corrected chi connectivity index (χ0v) is 17.0. The molecule has 0 aliphatic heterocycles. The Bertz CT molecular complexity index is 687. The topological polar surface area (TPSA) is 61.6 Å². The zero-order chi connectivity index (χ0) is 17.0. The van der Waals surface area contributed by atoms with Gasteiger partial charge in [-0.2, -0.15) is 0 Å². The van der Waals surface area contributed by atoms with Crippen molar-refractivity contribution in [3.63, 3.8) is 0 Å². The van der Waals surface area contributed by atoms with Crippen molar-refractivity contribution in [3.05, 3.63) is 20.9 Å². The van der Waals surface area contributed by atoms with Crippen LogP contribution >= 0.6 is 34.9 Å². The van der Waals surface area contributed by atoms with Crippen LogP contribution in [0.15, 0.2) is 20.5 Å². The van der Waals surface area contributed by atoms with Gasteiger partial charge >= 0.3 is 7.60 Å². The molecule has 0 saturated heterocycles. The van der Waals surface area contributed by atoms with Gasteiger partial charge in [0.1, 0.15) is 5.69 Å². The molecule has 0 aliphatic carbocycles. The fourth-order valence-electron chi connectivity index (χ4n) is 2.13. The van der Waals surface area contributed by atoms with Crippen LogP contribution in [0.5, 0.6) is 0 Å². The van der Waals surface area contributed by atoms with Gasteiger partial charge in [-0.15, -0.1) is 11.3 Å². The molecule has 128 valence electrons. The summed E-state index contributed by atoms with van der Waals surface area (Å²) in [4.78, 5) is 5.63. The molecule has 0 saturated carbocycles. The molecule has 23 heavy (non-hydrogen) atoms. The Morgan fingerprint density at radius 1 is 1.30 bits per heavy atom. The average Bonchev–Trinajstić information content (AvgIpc) is 3.05. The Labute approximate surface area is 149 Å². The zero-order valence-electron chi connectivity index (χ0n) is 13.7. The van der Waals surface area contributed by atoms with E-state index in [1.165, 1.54) is 0 Å². The number of nitrogens with zero attached hydrogens (tertiary/aromatic N) is 1. The van der Waals surface area contributed by atoms with E-state index in [-0.39, 0.29) is 18.7 Å². The molecule has 0 atom stereocenters. The largest absolute Gasteiger partial charge is 0.446 e. The van der Waals surface area contributed by atoms with Crippen LogP contribution in [0.25, 0.3) is 11.5 Å². The fourth-order valence-corrected chi connectivity index (χ4v) is 5.37. The highest BCUT2D eigenvalue weighted by molar-refractivity contribution is 9.11. The van der Waals surface area contributed by atoms with Crippen molar-refractivity contribution in [2.75, 3.05) is 13.2 Å². The second-order valence-corrected chi connectivity index (χ2v) is 9.62. The van der Waals surface area contributed by atoms with Gasteiger partial charge in [-0.3, -0.25) is 4.57 Å². The third-order valence-corrected chi connectivity index (χ3v) is 6.46. The van der Waals surface area contributed by atoms with Gasteiger partial charge in [0.15, 0.2) is 9.68 Å². The molecule has 0 amide bonds. The van der Waals surface area contributed by atoms with E-state index >= 15 is 0 Å². The molecule has 2 heterocycles. The SMILES string of the molecule is CCOP(=O)(OCC)c1ccc(-c2nc(Br)sc2CC(C)C)o1. The Kier molecular flexibility index (Phi) is 6.63. The van der Waals surface area contributed by atoms with E-state index in [1.54, 1.807) is 37.3 Å². The van der Waals surface area contributed by atoms with Crippen molar-refractivity contribution in [1.82, 2.24) is 4.98 Å². The fraction of sp³-hybridized carbons (Fsp3) is 0.533. The lowest BCUT2D eigenvalue weighted by Gasteiger charge is -2.13. The molecule has 2 aromatic heterocycles. The van der Waals surface area contributed by atoms with Crippen molar-refractivity contribution in [1.29, 1.82) is 0 Å². The normalized spacial score (nSPS) is 12.3. The molecule has 8 heteroatoms. The molecule has 0 aromatic carbocycles. The lowest BCUT2D eigenvalue weighted by atomic mass is 10.1. The first-order valence-corrected chi connectivity index (χ1v) is 10.7. The van der Waals surface area contributed by atoms with E-state index in [2.05, 4.69) is 34.8 Å². The first kappa shape index (κ1) is 18.9. The van der Waals surface area contributed by atoms with E-state index in [9.17, 15) is 4.57 Å². The highest BCUT2D eigenvalue weighted by atomic mass is 79.9. The quantitative estimate of drug-likeness (QED) is 0.544. The summed E-state index contributed by atoms with van der Waals surface area (Å²) in [7, 11) is -3.41. The smallest absolute Gasteiger partial charge is 0.396 e. The van der Waals surface area contributed by atoms with Crippen molar-refractivity contribution in [2.45, 2.75) is 34.1 Å². The van der Waals surface area contributed by atoms with Gasteiger partial charge in [0, 0.05) is 4.88 Å². The molecule has 2 aromatic rings. The maximum absolute atomic E-state index is 12.8. The summed E-state index contributed by atoms with van der Waals surface area (Å²) in [6.45, 7) is 8.43. The van der Waals surface area contributed by atoms with Crippen LogP contribution in [0.1, 0.15) is 32.6 Å². The van der Waals surface area contributed by atoms with E-state index in [0.717, 1.165) is 20.9 Å². The number of rotatable bonds is 8. The number of furan rings is 1. The maximum atomic E-state index is 12.8. The molecule has 0 bridgehead atoms. The van der Waals surface area contributed by atoms with Crippen LogP contribution in [0.2, 0.25) is 0 Å². The van der Waals surface area contributed by atoms with E-state index in [0.29, 0.717) is 11.7 Å². The monoisotopic (exact) mass is 421 g/mol. The summed E-state index contributed by atoms with van der Waals surface area (Å²) in [6.07, 6.45) is 0.906. The van der Waals surface area contributed by atoms with Crippen LogP contribution < -0.4 is 5.50 Å². The van der Waals surface area contributed by atoms with E-state index < -0.39 is 7.60 Å². The minimum atomic E-state index is -3.41. The summed E-state index contributed by atoms with van der Waals surface area (Å²) >= 11 is 5.02. The highest BCUT2D eigenvalue weighted by Crippen LogP contribution is 2.48. The van der Waals surface area contributed by atoms with Crippen LogP contribution in [0, 0.1) is 5.92 Å². The summed E-state index contributed by atoms with van der Waals surface area (Å²) in [5, 5.41) is 0. The van der Waals surface area contributed by atoms with Crippen LogP contribution in [-0.4, -0.2) is 18.2 Å². The summed E-state index contributed by atoms with van der Waals surface area (Å²) < 4.78 is 30.0. The number of thiazole rings is 1. The summed E-state index contributed by atoms with van der Waals surface area (Å²) in [6, 6.07) is 3.42. The second kappa shape index (κ2) is 8.08. The van der Waals surface area contributed by atoms with Gasteiger partial charge in [-0.25, -0.2) is 4.98 Å². The molecule has 0 fully saturated rings. The molecule has 0 radical (unpaired) electrons. The Morgan fingerprint density at radius 3 is 2.52 bits per heavy atom. The number of hydrogen-bond donors (Lipinski definition) is 0. The molecule has 0 spiro atoms. The number of halogens is 1. The minimum absolute atomic E-state index is 0.218. The predicted molar refractivity (Wildman–Crippen MR) is 96.6 cm³/mol. The van der Waals surface area contributed by atoms with Crippen molar-refractivity contribution >= 4 is 40.4 Å². The highest BCUT2D eigenvalue weighted by Gasteiger charge is 2.31. The Hall–Kier alpha value is -0.460. The van der Waals surface area contributed by atoms with Crippen molar-refractivity contribution < 1.29 is 18.0 Å². The molecule has 2 rings (SSSR count). The first-order valence-electron chi connectivity index (χ1n) is 7.54. The lowest BCUT2D eigenvalue weighted by Crippen LogP contribution is -2.08. The van der Waals surface area contributed by atoms with Gasteiger partial charge in [0.25, 0.3) is 0 Å². The van der Waals surface area contributed by atoms with Crippen molar-refractivity contribution in [2.24, 2.45) is 5.92 Å².